The lowest BCUT2D eigenvalue weighted by atomic mass is 10.1. The maximum atomic E-state index is 12.6. The zero-order valence-electron chi connectivity index (χ0n) is 9.51. The van der Waals surface area contributed by atoms with Gasteiger partial charge in [-0.3, -0.25) is 4.79 Å². The van der Waals surface area contributed by atoms with Crippen molar-refractivity contribution in [1.82, 2.24) is 0 Å². The Morgan fingerprint density at radius 3 is 2.56 bits per heavy atom. The molecule has 3 N–H and O–H groups in total. The molecule has 0 aliphatic rings. The minimum absolute atomic E-state index is 0.0607. The van der Waals surface area contributed by atoms with Gasteiger partial charge in [-0.25, -0.2) is 0 Å². The molecule has 0 aliphatic heterocycles. The standard InChI is InChI=1S/C11H12BrF3N2O/c1-2-9(16)10(18)17-8-4-6(11(13,14)15)3-7(12)5-8/h3-5,9H,2,16H2,1H3,(H,17,18). The molecule has 0 saturated carbocycles. The highest BCUT2D eigenvalue weighted by Gasteiger charge is 2.31. The van der Waals surface area contributed by atoms with E-state index in [0.717, 1.165) is 12.1 Å². The molecule has 1 aromatic carbocycles. The highest BCUT2D eigenvalue weighted by Crippen LogP contribution is 2.33. The van der Waals surface area contributed by atoms with E-state index in [9.17, 15) is 18.0 Å². The lowest BCUT2D eigenvalue weighted by Crippen LogP contribution is -2.34. The number of rotatable bonds is 3. The van der Waals surface area contributed by atoms with E-state index in [1.807, 2.05) is 0 Å². The molecule has 1 rings (SSSR count). The average Bonchev–Trinajstić information content (AvgIpc) is 2.25. The molecule has 1 unspecified atom stereocenters. The Morgan fingerprint density at radius 2 is 2.06 bits per heavy atom. The van der Waals surface area contributed by atoms with Gasteiger partial charge in [-0.15, -0.1) is 0 Å². The molecule has 1 amide bonds. The molecule has 0 fully saturated rings. The highest BCUT2D eigenvalue weighted by atomic mass is 79.9. The zero-order valence-corrected chi connectivity index (χ0v) is 11.1. The summed E-state index contributed by atoms with van der Waals surface area (Å²) in [4.78, 5) is 11.5. The summed E-state index contributed by atoms with van der Waals surface area (Å²) < 4.78 is 37.9. The lowest BCUT2D eigenvalue weighted by molar-refractivity contribution is -0.137. The van der Waals surface area contributed by atoms with Gasteiger partial charge < -0.3 is 11.1 Å². The fourth-order valence-corrected chi connectivity index (χ4v) is 1.74. The molecule has 100 valence electrons. The number of halogens is 4. The Kier molecular flexibility index (Phi) is 4.75. The van der Waals surface area contributed by atoms with E-state index in [0.29, 0.717) is 6.42 Å². The topological polar surface area (TPSA) is 55.1 Å². The van der Waals surface area contributed by atoms with Crippen molar-refractivity contribution in [2.75, 3.05) is 5.32 Å². The number of nitrogens with one attached hydrogen (secondary N) is 1. The maximum absolute atomic E-state index is 12.6. The van der Waals surface area contributed by atoms with Gasteiger partial charge in [-0.2, -0.15) is 13.2 Å². The van der Waals surface area contributed by atoms with Gasteiger partial charge in [0.05, 0.1) is 11.6 Å². The molecule has 1 atom stereocenters. The van der Waals surface area contributed by atoms with Crippen molar-refractivity contribution in [3.05, 3.63) is 28.2 Å². The molecule has 0 aromatic heterocycles. The van der Waals surface area contributed by atoms with Crippen molar-refractivity contribution in [2.45, 2.75) is 25.6 Å². The first kappa shape index (κ1) is 15.0. The fourth-order valence-electron chi connectivity index (χ4n) is 1.25. The van der Waals surface area contributed by atoms with Crippen LogP contribution in [0.4, 0.5) is 18.9 Å². The van der Waals surface area contributed by atoms with Gasteiger partial charge in [0, 0.05) is 10.2 Å². The number of amides is 1. The van der Waals surface area contributed by atoms with E-state index in [1.165, 1.54) is 6.07 Å². The number of carbonyl (C=O) groups is 1. The molecular formula is C11H12BrF3N2O. The van der Waals surface area contributed by atoms with Gasteiger partial charge in [0.25, 0.3) is 0 Å². The molecular weight excluding hydrogens is 313 g/mol. The maximum Gasteiger partial charge on any atom is 0.416 e. The number of carbonyl (C=O) groups excluding carboxylic acids is 1. The summed E-state index contributed by atoms with van der Waals surface area (Å²) in [5.74, 6) is -0.510. The number of nitrogens with two attached hydrogens (primary N) is 1. The largest absolute Gasteiger partial charge is 0.416 e. The smallest absolute Gasteiger partial charge is 0.325 e. The van der Waals surface area contributed by atoms with Crippen LogP contribution in [0.1, 0.15) is 18.9 Å². The second-order valence-corrected chi connectivity index (χ2v) is 4.65. The first-order valence-corrected chi connectivity index (χ1v) is 5.97. The predicted molar refractivity (Wildman–Crippen MR) is 66.0 cm³/mol. The van der Waals surface area contributed by atoms with Crippen LogP contribution in [-0.2, 0) is 11.0 Å². The van der Waals surface area contributed by atoms with Gasteiger partial charge in [-0.05, 0) is 24.6 Å². The van der Waals surface area contributed by atoms with Crippen molar-refractivity contribution in [1.29, 1.82) is 0 Å². The number of benzene rings is 1. The van der Waals surface area contributed by atoms with Crippen LogP contribution in [0, 0.1) is 0 Å². The highest BCUT2D eigenvalue weighted by molar-refractivity contribution is 9.10. The van der Waals surface area contributed by atoms with E-state index in [4.69, 9.17) is 5.73 Å². The quantitative estimate of drug-likeness (QED) is 0.897. The molecule has 0 spiro atoms. The summed E-state index contributed by atoms with van der Waals surface area (Å²) in [6, 6.07) is 2.45. The Hall–Kier alpha value is -1.08. The Labute approximate surface area is 111 Å². The Bertz CT molecular complexity index is 448. The zero-order chi connectivity index (χ0) is 13.9. The molecule has 7 heteroatoms. The average molecular weight is 325 g/mol. The van der Waals surface area contributed by atoms with E-state index in [1.54, 1.807) is 6.92 Å². The summed E-state index contributed by atoms with van der Waals surface area (Å²) in [5, 5.41) is 2.35. The number of anilines is 1. The molecule has 3 nitrogen and oxygen atoms in total. The van der Waals surface area contributed by atoms with E-state index < -0.39 is 23.7 Å². The molecule has 0 bridgehead atoms. The van der Waals surface area contributed by atoms with Crippen molar-refractivity contribution in [3.63, 3.8) is 0 Å². The predicted octanol–water partition coefficient (Wildman–Crippen LogP) is 3.14. The second kappa shape index (κ2) is 5.71. The second-order valence-electron chi connectivity index (χ2n) is 3.73. The van der Waals surface area contributed by atoms with Crippen LogP contribution in [-0.4, -0.2) is 11.9 Å². The van der Waals surface area contributed by atoms with Gasteiger partial charge in [0.15, 0.2) is 0 Å². The summed E-state index contributed by atoms with van der Waals surface area (Å²) >= 11 is 2.97. The number of hydrogen-bond donors (Lipinski definition) is 2. The molecule has 0 saturated heterocycles. The van der Waals surface area contributed by atoms with Gasteiger partial charge >= 0.3 is 6.18 Å². The van der Waals surface area contributed by atoms with Gasteiger partial charge in [-0.1, -0.05) is 22.9 Å². The summed E-state index contributed by atoms with van der Waals surface area (Å²) in [7, 11) is 0. The Balaban J connectivity index is 2.97. The molecule has 0 heterocycles. The SMILES string of the molecule is CCC(N)C(=O)Nc1cc(Br)cc(C(F)(F)F)c1. The van der Waals surface area contributed by atoms with Crippen molar-refractivity contribution < 1.29 is 18.0 Å². The Morgan fingerprint density at radius 1 is 1.44 bits per heavy atom. The first-order valence-electron chi connectivity index (χ1n) is 5.18. The molecule has 1 aromatic rings. The molecule has 0 aliphatic carbocycles. The lowest BCUT2D eigenvalue weighted by Gasteiger charge is -2.13. The first-order chi connectivity index (χ1) is 8.24. The third-order valence-corrected chi connectivity index (χ3v) is 2.73. The van der Waals surface area contributed by atoms with Crippen LogP contribution >= 0.6 is 15.9 Å². The van der Waals surface area contributed by atoms with Gasteiger partial charge in [0.1, 0.15) is 0 Å². The third kappa shape index (κ3) is 3.99. The monoisotopic (exact) mass is 324 g/mol. The van der Waals surface area contributed by atoms with Gasteiger partial charge in [0.2, 0.25) is 5.91 Å². The van der Waals surface area contributed by atoms with Crippen LogP contribution in [0.5, 0.6) is 0 Å². The third-order valence-electron chi connectivity index (χ3n) is 2.27. The number of alkyl halides is 3. The fraction of sp³-hybridized carbons (Fsp3) is 0.364. The van der Waals surface area contributed by atoms with Crippen LogP contribution in [0.25, 0.3) is 0 Å². The van der Waals surface area contributed by atoms with Crippen LogP contribution in [0.2, 0.25) is 0 Å². The van der Waals surface area contributed by atoms with E-state index in [2.05, 4.69) is 21.2 Å². The minimum Gasteiger partial charge on any atom is -0.325 e. The summed E-state index contributed by atoms with van der Waals surface area (Å²) in [6.07, 6.45) is -4.05. The van der Waals surface area contributed by atoms with Crippen LogP contribution in [0.3, 0.4) is 0 Å². The van der Waals surface area contributed by atoms with Crippen molar-refractivity contribution in [2.24, 2.45) is 5.73 Å². The number of hydrogen-bond acceptors (Lipinski definition) is 2. The minimum atomic E-state index is -4.46. The summed E-state index contributed by atoms with van der Waals surface area (Å²) in [5.41, 5.74) is 4.71. The van der Waals surface area contributed by atoms with Crippen LogP contribution < -0.4 is 11.1 Å². The molecule has 18 heavy (non-hydrogen) atoms. The normalized spacial score (nSPS) is 13.2. The van der Waals surface area contributed by atoms with Crippen molar-refractivity contribution in [3.8, 4) is 0 Å². The van der Waals surface area contributed by atoms with E-state index >= 15 is 0 Å². The molecule has 0 radical (unpaired) electrons. The van der Waals surface area contributed by atoms with Crippen molar-refractivity contribution >= 4 is 27.5 Å². The van der Waals surface area contributed by atoms with E-state index in [-0.39, 0.29) is 10.2 Å². The summed E-state index contributed by atoms with van der Waals surface area (Å²) in [6.45, 7) is 1.71. The van der Waals surface area contributed by atoms with Crippen LogP contribution in [0.15, 0.2) is 22.7 Å².